The van der Waals surface area contributed by atoms with E-state index >= 15 is 0 Å². The van der Waals surface area contributed by atoms with E-state index in [1.54, 1.807) is 0 Å². The van der Waals surface area contributed by atoms with Crippen LogP contribution in [0, 0.1) is 5.92 Å². The van der Waals surface area contributed by atoms with Crippen molar-refractivity contribution >= 4 is 0 Å². The molecule has 3 unspecified atom stereocenters. The van der Waals surface area contributed by atoms with Gasteiger partial charge in [0.1, 0.15) is 0 Å². The van der Waals surface area contributed by atoms with Gasteiger partial charge in [-0.1, -0.05) is 33.1 Å². The van der Waals surface area contributed by atoms with Gasteiger partial charge in [0.05, 0.1) is 12.2 Å². The topological polar surface area (TPSA) is 21.3 Å². The predicted octanol–water partition coefficient (Wildman–Crippen LogP) is 2.97. The Morgan fingerprint density at radius 1 is 1.27 bits per heavy atom. The third-order valence-electron chi connectivity index (χ3n) is 3.45. The van der Waals surface area contributed by atoms with Crippen LogP contribution in [0.5, 0.6) is 0 Å². The van der Waals surface area contributed by atoms with Gasteiger partial charge >= 0.3 is 0 Å². The molecule has 1 rings (SSSR count). The SMILES string of the molecule is CCNCC(C)OC1CCCCC1CC. The van der Waals surface area contributed by atoms with Crippen molar-refractivity contribution in [1.29, 1.82) is 0 Å². The van der Waals surface area contributed by atoms with Crippen molar-refractivity contribution < 1.29 is 4.74 Å². The summed E-state index contributed by atoms with van der Waals surface area (Å²) >= 11 is 0. The molecule has 1 N–H and O–H groups in total. The quantitative estimate of drug-likeness (QED) is 0.732. The second-order valence-electron chi connectivity index (χ2n) is 4.75. The third-order valence-corrected chi connectivity index (χ3v) is 3.45. The fraction of sp³-hybridized carbons (Fsp3) is 1.00. The molecule has 0 aromatic heterocycles. The second-order valence-corrected chi connectivity index (χ2v) is 4.75. The number of likely N-dealkylation sites (N-methyl/N-ethyl adjacent to an activating group) is 1. The zero-order chi connectivity index (χ0) is 11.1. The van der Waals surface area contributed by atoms with E-state index in [1.165, 1.54) is 32.1 Å². The van der Waals surface area contributed by atoms with Crippen LogP contribution in [0.3, 0.4) is 0 Å². The van der Waals surface area contributed by atoms with E-state index in [-0.39, 0.29) is 0 Å². The van der Waals surface area contributed by atoms with E-state index in [9.17, 15) is 0 Å². The third kappa shape index (κ3) is 4.52. The molecule has 0 aromatic rings. The summed E-state index contributed by atoms with van der Waals surface area (Å²) in [6.45, 7) is 8.65. The Bertz CT molecular complexity index is 161. The lowest BCUT2D eigenvalue weighted by Crippen LogP contribution is -2.35. The number of nitrogens with one attached hydrogen (secondary N) is 1. The molecule has 1 aliphatic rings. The molecule has 0 radical (unpaired) electrons. The largest absolute Gasteiger partial charge is 0.374 e. The van der Waals surface area contributed by atoms with Gasteiger partial charge in [-0.05, 0) is 32.2 Å². The normalized spacial score (nSPS) is 29.0. The molecular weight excluding hydrogens is 186 g/mol. The summed E-state index contributed by atoms with van der Waals surface area (Å²) in [5.74, 6) is 0.808. The number of rotatable bonds is 6. The molecule has 3 atom stereocenters. The van der Waals surface area contributed by atoms with Gasteiger partial charge < -0.3 is 10.1 Å². The lowest BCUT2D eigenvalue weighted by Gasteiger charge is -2.33. The summed E-state index contributed by atoms with van der Waals surface area (Å²) < 4.78 is 6.13. The Kier molecular flexibility index (Phi) is 6.26. The van der Waals surface area contributed by atoms with Crippen LogP contribution < -0.4 is 5.32 Å². The lowest BCUT2D eigenvalue weighted by atomic mass is 9.84. The van der Waals surface area contributed by atoms with Crippen molar-refractivity contribution in [3.8, 4) is 0 Å². The minimum absolute atomic E-state index is 0.363. The second kappa shape index (κ2) is 7.24. The van der Waals surface area contributed by atoms with Gasteiger partial charge in [-0.3, -0.25) is 0 Å². The summed E-state index contributed by atoms with van der Waals surface area (Å²) in [6.07, 6.45) is 7.57. The van der Waals surface area contributed by atoms with Crippen LogP contribution in [0.1, 0.15) is 52.9 Å². The van der Waals surface area contributed by atoms with Gasteiger partial charge in [-0.15, -0.1) is 0 Å². The molecule has 0 amide bonds. The first-order valence-electron chi connectivity index (χ1n) is 6.64. The fourth-order valence-electron chi connectivity index (χ4n) is 2.51. The minimum atomic E-state index is 0.363. The Hall–Kier alpha value is -0.0800. The van der Waals surface area contributed by atoms with E-state index < -0.39 is 0 Å². The Labute approximate surface area is 94.8 Å². The molecule has 90 valence electrons. The first kappa shape index (κ1) is 13.0. The molecule has 0 spiro atoms. The molecule has 0 bridgehead atoms. The van der Waals surface area contributed by atoms with Crippen molar-refractivity contribution in [2.24, 2.45) is 5.92 Å². The monoisotopic (exact) mass is 213 g/mol. The van der Waals surface area contributed by atoms with Gasteiger partial charge in [0, 0.05) is 6.54 Å². The molecule has 0 aliphatic heterocycles. The van der Waals surface area contributed by atoms with Crippen molar-refractivity contribution in [3.05, 3.63) is 0 Å². The van der Waals surface area contributed by atoms with Crippen molar-refractivity contribution in [2.45, 2.75) is 65.1 Å². The van der Waals surface area contributed by atoms with Crippen LogP contribution in [0.25, 0.3) is 0 Å². The Morgan fingerprint density at radius 3 is 2.67 bits per heavy atom. The highest BCUT2D eigenvalue weighted by molar-refractivity contribution is 4.76. The molecule has 0 saturated heterocycles. The van der Waals surface area contributed by atoms with Crippen molar-refractivity contribution in [3.63, 3.8) is 0 Å². The fourth-order valence-corrected chi connectivity index (χ4v) is 2.51. The highest BCUT2D eigenvalue weighted by Gasteiger charge is 2.25. The predicted molar refractivity (Wildman–Crippen MR) is 65.1 cm³/mol. The Balaban J connectivity index is 2.27. The van der Waals surface area contributed by atoms with Crippen molar-refractivity contribution in [2.75, 3.05) is 13.1 Å². The molecule has 1 fully saturated rings. The molecule has 0 aromatic carbocycles. The van der Waals surface area contributed by atoms with E-state index in [0.29, 0.717) is 12.2 Å². The summed E-state index contributed by atoms with van der Waals surface area (Å²) in [6, 6.07) is 0. The van der Waals surface area contributed by atoms with Gasteiger partial charge in [0.2, 0.25) is 0 Å². The van der Waals surface area contributed by atoms with Gasteiger partial charge in [0.15, 0.2) is 0 Å². The Morgan fingerprint density at radius 2 is 2.00 bits per heavy atom. The number of hydrogen-bond donors (Lipinski definition) is 1. The standard InChI is InChI=1S/C13H27NO/c1-4-12-8-6-7-9-13(12)15-11(3)10-14-5-2/h11-14H,4-10H2,1-3H3. The molecule has 0 heterocycles. The number of ether oxygens (including phenoxy) is 1. The van der Waals surface area contributed by atoms with Crippen LogP contribution >= 0.6 is 0 Å². The number of hydrogen-bond acceptors (Lipinski definition) is 2. The smallest absolute Gasteiger partial charge is 0.0675 e. The van der Waals surface area contributed by atoms with Crippen LogP contribution in [-0.4, -0.2) is 25.3 Å². The summed E-state index contributed by atoms with van der Waals surface area (Å²) in [5, 5.41) is 3.35. The molecular formula is C13H27NO. The summed E-state index contributed by atoms with van der Waals surface area (Å²) in [4.78, 5) is 0. The van der Waals surface area contributed by atoms with E-state index in [2.05, 4.69) is 26.1 Å². The van der Waals surface area contributed by atoms with Gasteiger partial charge in [0.25, 0.3) is 0 Å². The zero-order valence-corrected chi connectivity index (χ0v) is 10.6. The van der Waals surface area contributed by atoms with E-state index in [0.717, 1.165) is 19.0 Å². The maximum atomic E-state index is 6.13. The minimum Gasteiger partial charge on any atom is -0.374 e. The lowest BCUT2D eigenvalue weighted by molar-refractivity contribution is -0.0519. The first-order valence-corrected chi connectivity index (χ1v) is 6.64. The van der Waals surface area contributed by atoms with Crippen LogP contribution in [-0.2, 0) is 4.74 Å². The van der Waals surface area contributed by atoms with E-state index in [1.807, 2.05) is 0 Å². The van der Waals surface area contributed by atoms with Gasteiger partial charge in [-0.25, -0.2) is 0 Å². The summed E-state index contributed by atoms with van der Waals surface area (Å²) in [5.41, 5.74) is 0. The molecule has 1 saturated carbocycles. The highest BCUT2D eigenvalue weighted by atomic mass is 16.5. The van der Waals surface area contributed by atoms with E-state index in [4.69, 9.17) is 4.74 Å². The highest BCUT2D eigenvalue weighted by Crippen LogP contribution is 2.29. The van der Waals surface area contributed by atoms with Gasteiger partial charge in [-0.2, -0.15) is 0 Å². The molecule has 15 heavy (non-hydrogen) atoms. The first-order chi connectivity index (χ1) is 7.27. The maximum Gasteiger partial charge on any atom is 0.0675 e. The maximum absolute atomic E-state index is 6.13. The molecule has 1 aliphatic carbocycles. The zero-order valence-electron chi connectivity index (χ0n) is 10.6. The summed E-state index contributed by atoms with van der Waals surface area (Å²) in [7, 11) is 0. The van der Waals surface area contributed by atoms with Crippen LogP contribution in [0.2, 0.25) is 0 Å². The molecule has 2 heteroatoms. The van der Waals surface area contributed by atoms with Crippen molar-refractivity contribution in [1.82, 2.24) is 5.32 Å². The van der Waals surface area contributed by atoms with Crippen LogP contribution in [0.4, 0.5) is 0 Å². The van der Waals surface area contributed by atoms with Crippen LogP contribution in [0.15, 0.2) is 0 Å². The average molecular weight is 213 g/mol. The molecule has 2 nitrogen and oxygen atoms in total. The average Bonchev–Trinajstić information content (AvgIpc) is 2.27.